The molecule has 0 amide bonds. The quantitative estimate of drug-likeness (QED) is 0.855. The molecule has 0 radical (unpaired) electrons. The molecule has 128 valence electrons. The van der Waals surface area contributed by atoms with Crippen molar-refractivity contribution in [2.24, 2.45) is 10.9 Å². The second kappa shape index (κ2) is 7.13. The maximum atomic E-state index is 11.9. The number of nitrogens with zero attached hydrogens (tertiary/aromatic N) is 2. The van der Waals surface area contributed by atoms with Crippen LogP contribution in [0.15, 0.2) is 40.3 Å². The van der Waals surface area contributed by atoms with Gasteiger partial charge in [0.1, 0.15) is 0 Å². The standard InChI is InChI=1S/C18H22N2O4/c1-12-8-19-16(7-17(12)21)14-6-15(18(22)23)11-20(10-14)9-13-2-4-24-5-3-13/h8,10-11,13H,2-7,9H2,1H3,(H,22,23). The van der Waals surface area contributed by atoms with Crippen LogP contribution in [0.5, 0.6) is 0 Å². The van der Waals surface area contributed by atoms with E-state index in [4.69, 9.17) is 4.74 Å². The number of ketones is 1. The minimum absolute atomic E-state index is 0.0447. The van der Waals surface area contributed by atoms with Crippen LogP contribution in [0.1, 0.15) is 32.6 Å². The zero-order valence-electron chi connectivity index (χ0n) is 13.8. The van der Waals surface area contributed by atoms with Crippen LogP contribution in [0.25, 0.3) is 0 Å². The van der Waals surface area contributed by atoms with Crippen LogP contribution in [0.2, 0.25) is 0 Å². The molecule has 0 unspecified atom stereocenters. The number of hydrogen-bond acceptors (Lipinski definition) is 5. The molecule has 6 nitrogen and oxygen atoms in total. The molecule has 0 bridgehead atoms. The van der Waals surface area contributed by atoms with Crippen molar-refractivity contribution in [1.29, 1.82) is 0 Å². The first-order chi connectivity index (χ1) is 11.5. The summed E-state index contributed by atoms with van der Waals surface area (Å²) < 4.78 is 5.38. The number of hydrogen-bond donors (Lipinski definition) is 1. The van der Waals surface area contributed by atoms with E-state index in [1.54, 1.807) is 19.3 Å². The number of carbonyl (C=O) groups excluding carboxylic acids is 1. The fourth-order valence-corrected chi connectivity index (χ4v) is 3.15. The van der Waals surface area contributed by atoms with Crippen LogP contribution in [0.3, 0.4) is 0 Å². The van der Waals surface area contributed by atoms with Crippen LogP contribution < -0.4 is 0 Å². The molecule has 0 spiro atoms. The highest BCUT2D eigenvalue weighted by Crippen LogP contribution is 2.26. The Labute approximate surface area is 141 Å². The van der Waals surface area contributed by atoms with Gasteiger partial charge in [-0.25, -0.2) is 4.79 Å². The molecule has 3 aliphatic rings. The molecule has 1 fully saturated rings. The lowest BCUT2D eigenvalue weighted by molar-refractivity contribution is -0.132. The lowest BCUT2D eigenvalue weighted by atomic mass is 9.93. The van der Waals surface area contributed by atoms with Crippen molar-refractivity contribution >= 4 is 17.5 Å². The lowest BCUT2D eigenvalue weighted by Crippen LogP contribution is -2.30. The van der Waals surface area contributed by atoms with Gasteiger partial charge in [0, 0.05) is 50.4 Å². The number of aliphatic imine (C=N–C) groups is 1. The molecular weight excluding hydrogens is 308 g/mol. The first-order valence-electron chi connectivity index (χ1n) is 8.28. The monoisotopic (exact) mass is 330 g/mol. The number of rotatable bonds is 4. The van der Waals surface area contributed by atoms with Gasteiger partial charge in [0.05, 0.1) is 17.7 Å². The maximum absolute atomic E-state index is 11.9. The summed E-state index contributed by atoms with van der Waals surface area (Å²) in [5.41, 5.74) is 2.47. The minimum atomic E-state index is -0.924. The lowest BCUT2D eigenvalue weighted by Gasteiger charge is -2.30. The average molecular weight is 330 g/mol. The van der Waals surface area contributed by atoms with Gasteiger partial charge in [-0.05, 0) is 31.3 Å². The number of carboxylic acid groups (broad SMARTS) is 1. The normalized spacial score (nSPS) is 22.5. The van der Waals surface area contributed by atoms with E-state index >= 15 is 0 Å². The smallest absolute Gasteiger partial charge is 0.333 e. The highest BCUT2D eigenvalue weighted by Gasteiger charge is 2.25. The molecule has 0 saturated carbocycles. The molecule has 0 aromatic heterocycles. The van der Waals surface area contributed by atoms with Crippen LogP contribution >= 0.6 is 0 Å². The molecule has 1 N–H and O–H groups in total. The molecule has 0 aromatic carbocycles. The van der Waals surface area contributed by atoms with Crippen molar-refractivity contribution in [1.82, 2.24) is 4.90 Å². The van der Waals surface area contributed by atoms with Crippen molar-refractivity contribution in [2.45, 2.75) is 32.6 Å². The summed E-state index contributed by atoms with van der Waals surface area (Å²) in [6.07, 6.45) is 7.74. The Hall–Kier alpha value is -2.21. The molecule has 3 aliphatic heterocycles. The largest absolute Gasteiger partial charge is 0.478 e. The number of ether oxygens (including phenoxy) is 1. The van der Waals surface area contributed by atoms with Crippen LogP contribution in [0, 0.1) is 5.92 Å². The van der Waals surface area contributed by atoms with E-state index in [2.05, 4.69) is 4.99 Å². The fourth-order valence-electron chi connectivity index (χ4n) is 3.15. The third-order valence-electron chi connectivity index (χ3n) is 4.66. The van der Waals surface area contributed by atoms with E-state index < -0.39 is 5.97 Å². The molecule has 3 heterocycles. The van der Waals surface area contributed by atoms with Crippen LogP contribution in [0.4, 0.5) is 0 Å². The Morgan fingerprint density at radius 2 is 2.08 bits per heavy atom. The Kier molecular flexibility index (Phi) is 4.94. The summed E-state index contributed by atoms with van der Waals surface area (Å²) >= 11 is 0. The summed E-state index contributed by atoms with van der Waals surface area (Å²) in [7, 11) is 0. The van der Waals surface area contributed by atoms with Crippen molar-refractivity contribution in [3.05, 3.63) is 35.3 Å². The molecular formula is C18H22N2O4. The van der Waals surface area contributed by atoms with Gasteiger partial charge in [-0.1, -0.05) is 0 Å². The number of allylic oxidation sites excluding steroid dienone is 2. The SMILES string of the molecule is CC1=CN=C(C2=CN(CC3CCOCC3)C=C(C(=O)O)C2)CC1=O. The topological polar surface area (TPSA) is 79.2 Å². The second-order valence-electron chi connectivity index (χ2n) is 6.53. The van der Waals surface area contributed by atoms with Gasteiger partial charge >= 0.3 is 5.97 Å². The van der Waals surface area contributed by atoms with Gasteiger partial charge in [0.15, 0.2) is 5.78 Å². The van der Waals surface area contributed by atoms with Crippen molar-refractivity contribution < 1.29 is 19.4 Å². The molecule has 6 heteroatoms. The van der Waals surface area contributed by atoms with Gasteiger partial charge in [-0.15, -0.1) is 0 Å². The molecule has 24 heavy (non-hydrogen) atoms. The Balaban J connectivity index is 1.80. The molecule has 0 atom stereocenters. The third kappa shape index (κ3) is 3.82. The first kappa shape index (κ1) is 16.6. The highest BCUT2D eigenvalue weighted by atomic mass is 16.5. The molecule has 1 saturated heterocycles. The molecule has 3 rings (SSSR count). The van der Waals surface area contributed by atoms with Gasteiger partial charge in [0.25, 0.3) is 0 Å². The predicted octanol–water partition coefficient (Wildman–Crippen LogP) is 2.29. The minimum Gasteiger partial charge on any atom is -0.478 e. The van der Waals surface area contributed by atoms with E-state index in [-0.39, 0.29) is 12.2 Å². The molecule has 0 aliphatic carbocycles. The zero-order chi connectivity index (χ0) is 17.1. The van der Waals surface area contributed by atoms with E-state index in [1.165, 1.54) is 0 Å². The van der Waals surface area contributed by atoms with Gasteiger partial charge in [0.2, 0.25) is 0 Å². The van der Waals surface area contributed by atoms with Gasteiger partial charge in [-0.3, -0.25) is 9.79 Å². The van der Waals surface area contributed by atoms with Gasteiger partial charge < -0.3 is 14.7 Å². The second-order valence-corrected chi connectivity index (χ2v) is 6.53. The van der Waals surface area contributed by atoms with E-state index in [0.29, 0.717) is 29.2 Å². The Morgan fingerprint density at radius 3 is 2.75 bits per heavy atom. The zero-order valence-corrected chi connectivity index (χ0v) is 13.8. The summed E-state index contributed by atoms with van der Waals surface area (Å²) in [5, 5.41) is 9.41. The highest BCUT2D eigenvalue weighted by molar-refractivity contribution is 6.17. The van der Waals surface area contributed by atoms with Gasteiger partial charge in [-0.2, -0.15) is 0 Å². The first-order valence-corrected chi connectivity index (χ1v) is 8.28. The van der Waals surface area contributed by atoms with Crippen molar-refractivity contribution in [3.63, 3.8) is 0 Å². The number of aliphatic carboxylic acids is 1. The van der Waals surface area contributed by atoms with Crippen molar-refractivity contribution in [2.75, 3.05) is 19.8 Å². The van der Waals surface area contributed by atoms with E-state index in [1.807, 2.05) is 11.1 Å². The fraction of sp³-hybridized carbons (Fsp3) is 0.500. The van der Waals surface area contributed by atoms with Crippen molar-refractivity contribution in [3.8, 4) is 0 Å². The summed E-state index contributed by atoms with van der Waals surface area (Å²) in [6.45, 7) is 4.03. The summed E-state index contributed by atoms with van der Waals surface area (Å²) in [6, 6.07) is 0. The third-order valence-corrected chi connectivity index (χ3v) is 4.66. The Bertz CT molecular complexity index is 667. The summed E-state index contributed by atoms with van der Waals surface area (Å²) in [5.74, 6) is -0.395. The molecule has 0 aromatic rings. The van der Waals surface area contributed by atoms with E-state index in [0.717, 1.165) is 38.2 Å². The van der Waals surface area contributed by atoms with E-state index in [9.17, 15) is 14.7 Å². The van der Waals surface area contributed by atoms with Crippen LogP contribution in [-0.4, -0.2) is 47.2 Å². The average Bonchev–Trinajstić information content (AvgIpc) is 2.58. The number of Topliss-reactive ketones (excluding diaryl/α,β-unsaturated/α-hetero) is 1. The number of carboxylic acids is 1. The predicted molar refractivity (Wildman–Crippen MR) is 89.5 cm³/mol. The maximum Gasteiger partial charge on any atom is 0.333 e. The number of carbonyl (C=O) groups is 2. The Morgan fingerprint density at radius 1 is 1.33 bits per heavy atom. The summed E-state index contributed by atoms with van der Waals surface area (Å²) in [4.78, 5) is 29.7. The van der Waals surface area contributed by atoms with Crippen LogP contribution in [-0.2, 0) is 14.3 Å².